The molecule has 0 amide bonds. The van der Waals surface area contributed by atoms with E-state index in [1.807, 2.05) is 0 Å². The highest BCUT2D eigenvalue weighted by molar-refractivity contribution is 5.10. The number of rotatable bonds is 2. The molecule has 0 fully saturated rings. The maximum Gasteiger partial charge on any atom is 0.483 e. The van der Waals surface area contributed by atoms with Crippen LogP contribution in [-0.2, 0) is 0 Å². The van der Waals surface area contributed by atoms with Gasteiger partial charge in [0.05, 0.1) is 0 Å². The topological polar surface area (TPSA) is 145 Å². The molecule has 1 heterocycles. The van der Waals surface area contributed by atoms with E-state index in [0.717, 1.165) is 0 Å². The third kappa shape index (κ3) is 1.79. The summed E-state index contributed by atoms with van der Waals surface area (Å²) >= 11 is 0. The molecule has 0 saturated carbocycles. The first-order valence-electron chi connectivity index (χ1n) is 2.78. The van der Waals surface area contributed by atoms with Gasteiger partial charge in [-0.05, 0) is 9.85 Å². The van der Waals surface area contributed by atoms with Crippen LogP contribution in [0.15, 0.2) is 4.79 Å². The highest BCUT2D eigenvalue weighted by Gasteiger charge is 2.19. The van der Waals surface area contributed by atoms with Crippen LogP contribution in [0.2, 0.25) is 0 Å². The van der Waals surface area contributed by atoms with Crippen molar-refractivity contribution in [2.75, 3.05) is 0 Å². The maximum absolute atomic E-state index is 10.5. The predicted molar refractivity (Wildman–Crippen MR) is 36.0 cm³/mol. The Balaban J connectivity index is 3.35. The summed E-state index contributed by atoms with van der Waals surface area (Å²) in [7, 11) is 0. The normalized spacial score (nSPS) is 9.54. The van der Waals surface area contributed by atoms with Gasteiger partial charge in [0.25, 0.3) is 0 Å². The van der Waals surface area contributed by atoms with Gasteiger partial charge < -0.3 is 20.2 Å². The number of nitrogens with zero attached hydrogens (tertiary/aromatic N) is 4. The highest BCUT2D eigenvalue weighted by atomic mass is 16.6. The molecule has 68 valence electrons. The van der Waals surface area contributed by atoms with Gasteiger partial charge in [-0.25, -0.2) is 4.79 Å². The van der Waals surface area contributed by atoms with Crippen molar-refractivity contribution in [2.45, 2.75) is 0 Å². The van der Waals surface area contributed by atoms with E-state index in [9.17, 15) is 25.0 Å². The van der Waals surface area contributed by atoms with Gasteiger partial charge in [-0.2, -0.15) is 4.98 Å². The van der Waals surface area contributed by atoms with Crippen molar-refractivity contribution in [1.82, 2.24) is 15.0 Å². The molecule has 10 heteroatoms. The molecule has 1 aromatic heterocycles. The second-order valence-electron chi connectivity index (χ2n) is 1.79. The molecular weight excluding hydrogens is 186 g/mol. The molecule has 13 heavy (non-hydrogen) atoms. The summed E-state index contributed by atoms with van der Waals surface area (Å²) in [4.78, 5) is 35.7. The largest absolute Gasteiger partial charge is 0.483 e. The van der Waals surface area contributed by atoms with Crippen molar-refractivity contribution < 1.29 is 9.85 Å². The first-order valence-corrected chi connectivity index (χ1v) is 2.78. The minimum Gasteiger partial charge on any atom is -0.390 e. The van der Waals surface area contributed by atoms with Crippen LogP contribution in [0.4, 0.5) is 11.9 Å². The van der Waals surface area contributed by atoms with Gasteiger partial charge in [0.15, 0.2) is 0 Å². The fourth-order valence-electron chi connectivity index (χ4n) is 0.530. The molecule has 0 radical (unpaired) electrons. The number of nitro groups is 2. The first-order chi connectivity index (χ1) is 6.00. The molecule has 0 aliphatic rings. The summed E-state index contributed by atoms with van der Waals surface area (Å²) in [5.41, 5.74) is -1.19. The third-order valence-electron chi connectivity index (χ3n) is 0.962. The monoisotopic (exact) mass is 187 g/mol. The number of aromatic amines is 1. The van der Waals surface area contributed by atoms with Crippen molar-refractivity contribution >= 4 is 11.9 Å². The van der Waals surface area contributed by atoms with Gasteiger partial charge in [0, 0.05) is 9.97 Å². The second kappa shape index (κ2) is 2.92. The maximum atomic E-state index is 10.5. The summed E-state index contributed by atoms with van der Waals surface area (Å²) in [5, 5.41) is 20.1. The fraction of sp³-hybridized carbons (Fsp3) is 0. The zero-order chi connectivity index (χ0) is 10.0. The standard InChI is InChI=1S/C3HN5O5/c9-3-5-1(7(10)11)4-2(6-3)8(12)13/h(H,4,5,6,9). The van der Waals surface area contributed by atoms with Crippen LogP contribution in [0, 0.1) is 20.2 Å². The van der Waals surface area contributed by atoms with Crippen molar-refractivity contribution in [2.24, 2.45) is 0 Å². The lowest BCUT2D eigenvalue weighted by atomic mass is 10.9. The average molecular weight is 187 g/mol. The van der Waals surface area contributed by atoms with Gasteiger partial charge >= 0.3 is 17.6 Å². The van der Waals surface area contributed by atoms with E-state index in [1.165, 1.54) is 0 Å². The minimum atomic E-state index is -1.19. The quantitative estimate of drug-likeness (QED) is 0.460. The number of nitrogens with one attached hydrogen (secondary N) is 1. The zero-order valence-corrected chi connectivity index (χ0v) is 5.83. The SMILES string of the molecule is O=c1nc([N+](=O)[O-])nc([N+](=O)[O-])[nH]1. The predicted octanol–water partition coefficient (Wildman–Crippen LogP) is -1.02. The summed E-state index contributed by atoms with van der Waals surface area (Å²) in [5.74, 6) is -2.11. The van der Waals surface area contributed by atoms with Crippen molar-refractivity contribution in [3.05, 3.63) is 30.7 Å². The van der Waals surface area contributed by atoms with Gasteiger partial charge in [0.2, 0.25) is 0 Å². The van der Waals surface area contributed by atoms with E-state index in [4.69, 9.17) is 0 Å². The van der Waals surface area contributed by atoms with E-state index in [-0.39, 0.29) is 0 Å². The number of H-pyrrole nitrogens is 1. The second-order valence-corrected chi connectivity index (χ2v) is 1.79. The van der Waals surface area contributed by atoms with E-state index < -0.39 is 27.4 Å². The Morgan fingerprint density at radius 3 is 2.23 bits per heavy atom. The van der Waals surface area contributed by atoms with E-state index >= 15 is 0 Å². The summed E-state index contributed by atoms with van der Waals surface area (Å²) in [6.45, 7) is 0. The summed E-state index contributed by atoms with van der Waals surface area (Å²) in [6.07, 6.45) is 0. The summed E-state index contributed by atoms with van der Waals surface area (Å²) in [6, 6.07) is 0. The Kier molecular flexibility index (Phi) is 1.96. The Bertz CT molecular complexity index is 387. The van der Waals surface area contributed by atoms with Crippen LogP contribution in [0.5, 0.6) is 0 Å². The molecule has 0 atom stereocenters. The van der Waals surface area contributed by atoms with Crippen LogP contribution in [-0.4, -0.2) is 24.8 Å². The molecule has 0 aliphatic heterocycles. The highest BCUT2D eigenvalue weighted by Crippen LogP contribution is 2.03. The summed E-state index contributed by atoms with van der Waals surface area (Å²) < 4.78 is 0. The lowest BCUT2D eigenvalue weighted by molar-refractivity contribution is -0.409. The number of aromatic nitrogens is 3. The van der Waals surface area contributed by atoms with Gasteiger partial charge in [-0.1, -0.05) is 0 Å². The number of hydrogen-bond donors (Lipinski definition) is 1. The Hall–Kier alpha value is -2.39. The molecule has 0 aromatic carbocycles. The first kappa shape index (κ1) is 8.70. The molecular formula is C3HN5O5. The molecule has 10 nitrogen and oxygen atoms in total. The van der Waals surface area contributed by atoms with Gasteiger partial charge in [-0.3, -0.25) is 0 Å². The van der Waals surface area contributed by atoms with Crippen LogP contribution < -0.4 is 5.69 Å². The van der Waals surface area contributed by atoms with Gasteiger partial charge in [-0.15, -0.1) is 0 Å². The van der Waals surface area contributed by atoms with Crippen molar-refractivity contribution in [1.29, 1.82) is 0 Å². The molecule has 0 aliphatic carbocycles. The number of hydrogen-bond acceptors (Lipinski definition) is 7. The molecule has 0 unspecified atom stereocenters. The molecule has 1 aromatic rings. The van der Waals surface area contributed by atoms with Gasteiger partial charge in [0.1, 0.15) is 0 Å². The molecule has 0 spiro atoms. The van der Waals surface area contributed by atoms with Crippen LogP contribution in [0.25, 0.3) is 0 Å². The Morgan fingerprint density at radius 1 is 1.15 bits per heavy atom. The lowest BCUT2D eigenvalue weighted by Crippen LogP contribution is -2.16. The van der Waals surface area contributed by atoms with Crippen LogP contribution in [0.3, 0.4) is 0 Å². The van der Waals surface area contributed by atoms with E-state index in [0.29, 0.717) is 0 Å². The van der Waals surface area contributed by atoms with Crippen molar-refractivity contribution in [3.63, 3.8) is 0 Å². The Morgan fingerprint density at radius 2 is 1.77 bits per heavy atom. The zero-order valence-electron chi connectivity index (χ0n) is 5.83. The molecule has 0 saturated heterocycles. The van der Waals surface area contributed by atoms with Crippen molar-refractivity contribution in [3.8, 4) is 0 Å². The average Bonchev–Trinajstić information content (AvgIpc) is 2.03. The molecule has 0 bridgehead atoms. The van der Waals surface area contributed by atoms with E-state index in [1.54, 1.807) is 4.98 Å². The van der Waals surface area contributed by atoms with Crippen LogP contribution in [0.1, 0.15) is 0 Å². The van der Waals surface area contributed by atoms with Crippen LogP contribution >= 0.6 is 0 Å². The lowest BCUT2D eigenvalue weighted by Gasteiger charge is -1.92. The molecule has 1 rings (SSSR count). The molecule has 1 N–H and O–H groups in total. The van der Waals surface area contributed by atoms with E-state index in [2.05, 4.69) is 9.97 Å². The third-order valence-corrected chi connectivity index (χ3v) is 0.962. The Labute approximate surface area is 68.6 Å². The minimum absolute atomic E-state index is 1.01. The fourth-order valence-corrected chi connectivity index (χ4v) is 0.530. The smallest absolute Gasteiger partial charge is 0.390 e.